The van der Waals surface area contributed by atoms with Gasteiger partial charge in [-0.05, 0) is 109 Å². The van der Waals surface area contributed by atoms with Crippen molar-refractivity contribution in [3.63, 3.8) is 0 Å². The van der Waals surface area contributed by atoms with Crippen LogP contribution in [0.1, 0.15) is 207 Å². The highest BCUT2D eigenvalue weighted by molar-refractivity contribution is 5.71. The lowest BCUT2D eigenvalue weighted by Gasteiger charge is -2.18. The van der Waals surface area contributed by atoms with Crippen molar-refractivity contribution in [1.29, 1.82) is 0 Å². The van der Waals surface area contributed by atoms with Crippen molar-refractivity contribution in [2.24, 2.45) is 0 Å². The summed E-state index contributed by atoms with van der Waals surface area (Å²) in [6.45, 7) is 6.26. The highest BCUT2D eigenvalue weighted by atomic mass is 16.6. The molecular formula is C60H94O6. The number of unbranched alkanes of at least 4 members (excludes halogenated alkanes) is 15. The van der Waals surface area contributed by atoms with Gasteiger partial charge >= 0.3 is 17.9 Å². The molecule has 0 aliphatic carbocycles. The first-order chi connectivity index (χ1) is 32.5. The van der Waals surface area contributed by atoms with E-state index in [2.05, 4.69) is 130 Å². The fourth-order valence-electron chi connectivity index (χ4n) is 6.58. The van der Waals surface area contributed by atoms with Crippen LogP contribution in [0.4, 0.5) is 0 Å². The minimum Gasteiger partial charge on any atom is -0.462 e. The van der Waals surface area contributed by atoms with E-state index in [0.29, 0.717) is 19.3 Å². The summed E-state index contributed by atoms with van der Waals surface area (Å²) in [4.78, 5) is 38.0. The molecule has 0 saturated carbocycles. The van der Waals surface area contributed by atoms with Gasteiger partial charge in [-0.2, -0.15) is 0 Å². The smallest absolute Gasteiger partial charge is 0.306 e. The largest absolute Gasteiger partial charge is 0.462 e. The van der Waals surface area contributed by atoms with Crippen LogP contribution in [0.15, 0.2) is 134 Å². The topological polar surface area (TPSA) is 78.9 Å². The Morgan fingerprint density at radius 2 is 0.682 bits per heavy atom. The SMILES string of the molecule is CC\C=C/C=C\C=C/C=C\CCCCCCCC(=O)OCC(COC(=O)CCC/C=C\C/C=C\C/C=C\C/C=C\CCCCC)OC(=O)CCCCCCCC/C=C\C/C=C\C/C=C\CC. The second-order valence-electron chi connectivity index (χ2n) is 16.8. The molecule has 0 aromatic heterocycles. The van der Waals surface area contributed by atoms with E-state index in [1.54, 1.807) is 0 Å². The van der Waals surface area contributed by atoms with Gasteiger partial charge in [0.2, 0.25) is 0 Å². The van der Waals surface area contributed by atoms with E-state index in [1.807, 2.05) is 24.3 Å². The van der Waals surface area contributed by atoms with E-state index in [9.17, 15) is 14.4 Å². The Morgan fingerprint density at radius 1 is 0.333 bits per heavy atom. The lowest BCUT2D eigenvalue weighted by Crippen LogP contribution is -2.30. The number of carbonyl (C=O) groups is 3. The normalized spacial score (nSPS) is 13.2. The van der Waals surface area contributed by atoms with E-state index in [-0.39, 0.29) is 37.5 Å². The summed E-state index contributed by atoms with van der Waals surface area (Å²) in [5, 5.41) is 0. The van der Waals surface area contributed by atoms with E-state index in [1.165, 1.54) is 38.5 Å². The van der Waals surface area contributed by atoms with E-state index >= 15 is 0 Å². The lowest BCUT2D eigenvalue weighted by molar-refractivity contribution is -0.167. The van der Waals surface area contributed by atoms with Crippen LogP contribution in [0.3, 0.4) is 0 Å². The summed E-state index contributed by atoms with van der Waals surface area (Å²) in [6.07, 6.45) is 74.3. The number of carbonyl (C=O) groups excluding carboxylic acids is 3. The maximum atomic E-state index is 12.8. The van der Waals surface area contributed by atoms with Gasteiger partial charge in [-0.15, -0.1) is 0 Å². The molecule has 0 fully saturated rings. The molecule has 0 amide bonds. The number of ether oxygens (including phenoxy) is 3. The van der Waals surface area contributed by atoms with Crippen molar-refractivity contribution < 1.29 is 28.6 Å². The van der Waals surface area contributed by atoms with Crippen molar-refractivity contribution in [2.75, 3.05) is 13.2 Å². The summed E-state index contributed by atoms with van der Waals surface area (Å²) in [6, 6.07) is 0. The molecule has 0 bridgehead atoms. The third kappa shape index (κ3) is 50.5. The predicted octanol–water partition coefficient (Wildman–Crippen LogP) is 17.5. The second kappa shape index (κ2) is 53.2. The van der Waals surface area contributed by atoms with Gasteiger partial charge in [0.15, 0.2) is 6.10 Å². The van der Waals surface area contributed by atoms with Gasteiger partial charge < -0.3 is 14.2 Å². The van der Waals surface area contributed by atoms with Crippen LogP contribution in [-0.2, 0) is 28.6 Å². The maximum absolute atomic E-state index is 12.8. The average Bonchev–Trinajstić information content (AvgIpc) is 3.31. The molecule has 0 saturated heterocycles. The van der Waals surface area contributed by atoms with Crippen LogP contribution < -0.4 is 0 Å². The van der Waals surface area contributed by atoms with Crippen LogP contribution in [0.2, 0.25) is 0 Å². The fraction of sp³-hybridized carbons (Fsp3) is 0.583. The molecule has 1 unspecified atom stereocenters. The molecular weight excluding hydrogens is 817 g/mol. The molecule has 0 aromatic carbocycles. The summed E-state index contributed by atoms with van der Waals surface area (Å²) >= 11 is 0. The minimum absolute atomic E-state index is 0.118. The fourth-order valence-corrected chi connectivity index (χ4v) is 6.58. The zero-order chi connectivity index (χ0) is 47.9. The Hall–Kier alpha value is -4.45. The minimum atomic E-state index is -0.822. The molecule has 0 heterocycles. The zero-order valence-corrected chi connectivity index (χ0v) is 42.1. The van der Waals surface area contributed by atoms with Gasteiger partial charge in [0.1, 0.15) is 13.2 Å². The quantitative estimate of drug-likeness (QED) is 0.0199. The van der Waals surface area contributed by atoms with Crippen LogP contribution in [0.25, 0.3) is 0 Å². The highest BCUT2D eigenvalue weighted by Gasteiger charge is 2.19. The molecule has 66 heavy (non-hydrogen) atoms. The van der Waals surface area contributed by atoms with Crippen LogP contribution in [0.5, 0.6) is 0 Å². The summed E-state index contributed by atoms with van der Waals surface area (Å²) in [5.74, 6) is -1.02. The van der Waals surface area contributed by atoms with Crippen molar-refractivity contribution in [2.45, 2.75) is 213 Å². The number of hydrogen-bond donors (Lipinski definition) is 0. The van der Waals surface area contributed by atoms with Crippen molar-refractivity contribution >= 4 is 17.9 Å². The molecule has 0 radical (unpaired) electrons. The highest BCUT2D eigenvalue weighted by Crippen LogP contribution is 2.13. The summed E-state index contributed by atoms with van der Waals surface area (Å²) in [5.41, 5.74) is 0. The van der Waals surface area contributed by atoms with Gasteiger partial charge in [-0.25, -0.2) is 0 Å². The molecule has 0 rings (SSSR count). The van der Waals surface area contributed by atoms with E-state index in [0.717, 1.165) is 122 Å². The summed E-state index contributed by atoms with van der Waals surface area (Å²) < 4.78 is 16.7. The molecule has 370 valence electrons. The van der Waals surface area contributed by atoms with Crippen LogP contribution in [0, 0.1) is 0 Å². The number of rotatable bonds is 45. The molecule has 0 aromatic rings. The Kier molecular flexibility index (Phi) is 49.6. The van der Waals surface area contributed by atoms with Gasteiger partial charge in [-0.3, -0.25) is 14.4 Å². The second-order valence-corrected chi connectivity index (χ2v) is 16.8. The number of esters is 3. The van der Waals surface area contributed by atoms with Crippen molar-refractivity contribution in [3.05, 3.63) is 134 Å². The van der Waals surface area contributed by atoms with E-state index < -0.39 is 6.10 Å². The monoisotopic (exact) mass is 911 g/mol. The molecule has 0 N–H and O–H groups in total. The van der Waals surface area contributed by atoms with Gasteiger partial charge in [-0.1, -0.05) is 212 Å². The van der Waals surface area contributed by atoms with Crippen LogP contribution >= 0.6 is 0 Å². The number of hydrogen-bond acceptors (Lipinski definition) is 6. The van der Waals surface area contributed by atoms with Crippen LogP contribution in [-0.4, -0.2) is 37.2 Å². The predicted molar refractivity (Wildman–Crippen MR) is 283 cm³/mol. The molecule has 0 aliphatic heterocycles. The van der Waals surface area contributed by atoms with Gasteiger partial charge in [0, 0.05) is 19.3 Å². The molecule has 6 heteroatoms. The first-order valence-corrected chi connectivity index (χ1v) is 26.2. The molecule has 0 aliphatic rings. The third-order valence-corrected chi connectivity index (χ3v) is 10.5. The Bertz CT molecular complexity index is 1460. The molecule has 1 atom stereocenters. The maximum Gasteiger partial charge on any atom is 0.306 e. The molecule has 0 spiro atoms. The number of allylic oxidation sites excluding steroid dienone is 22. The zero-order valence-electron chi connectivity index (χ0n) is 42.1. The first kappa shape index (κ1) is 61.5. The summed E-state index contributed by atoms with van der Waals surface area (Å²) in [7, 11) is 0. The standard InChI is InChI=1S/C60H94O6/c1-4-7-10-13-16-19-22-25-28-30-33-35-38-41-44-47-50-53-59(62)65-56-57(55-64-58(61)52-49-46-43-40-37-34-31-27-24-21-18-15-12-9-6-3)66-60(63)54-51-48-45-42-39-36-32-29-26-23-20-17-14-11-8-5-2/h8-9,11-12,15-21,24-29,31,33,35,41,44,57H,4-7,10,13-14,22-23,30,32,34,36-40,42-43,45-56H2,1-3H3/b11-8-,12-9-,18-15-,19-16-,20-17-,24-21-,28-25-,29-26-,31-27-,35-33-,44-41-. The van der Waals surface area contributed by atoms with Crippen molar-refractivity contribution in [1.82, 2.24) is 0 Å². The van der Waals surface area contributed by atoms with Gasteiger partial charge in [0.25, 0.3) is 0 Å². The third-order valence-electron chi connectivity index (χ3n) is 10.5. The van der Waals surface area contributed by atoms with E-state index in [4.69, 9.17) is 14.2 Å². The molecule has 6 nitrogen and oxygen atoms in total. The first-order valence-electron chi connectivity index (χ1n) is 26.2. The average molecular weight is 911 g/mol. The van der Waals surface area contributed by atoms with Gasteiger partial charge in [0.05, 0.1) is 0 Å². The Morgan fingerprint density at radius 3 is 1.17 bits per heavy atom. The Labute approximate surface area is 405 Å². The Balaban J connectivity index is 4.57. The lowest BCUT2D eigenvalue weighted by atomic mass is 10.1. The van der Waals surface area contributed by atoms with Crippen molar-refractivity contribution in [3.8, 4) is 0 Å².